The lowest BCUT2D eigenvalue weighted by atomic mass is 10.1. The minimum absolute atomic E-state index is 1.17. The summed E-state index contributed by atoms with van der Waals surface area (Å²) < 4.78 is 0. The molecule has 0 radical (unpaired) electrons. The van der Waals surface area contributed by atoms with Crippen molar-refractivity contribution in [3.8, 4) is 0 Å². The maximum atomic E-state index is 3.71. The summed E-state index contributed by atoms with van der Waals surface area (Å²) in [6.45, 7) is 8.28. The third kappa shape index (κ3) is 9.70. The summed E-state index contributed by atoms with van der Waals surface area (Å²) in [5, 5.41) is 3.41. The fourth-order valence-electron chi connectivity index (χ4n) is 1.19. The first-order valence-corrected chi connectivity index (χ1v) is 5.23. The molecule has 12 heavy (non-hydrogen) atoms. The van der Waals surface area contributed by atoms with Crippen LogP contribution in [-0.2, 0) is 0 Å². The molecular weight excluding hydrogens is 146 g/mol. The molecule has 0 amide bonds. The Morgan fingerprint density at radius 1 is 1.08 bits per heavy atom. The lowest BCUT2D eigenvalue weighted by Crippen LogP contribution is -2.15. The van der Waals surface area contributed by atoms with Crippen molar-refractivity contribution in [1.82, 2.24) is 5.32 Å². The van der Waals surface area contributed by atoms with Crippen molar-refractivity contribution in [2.45, 2.75) is 45.4 Å². The smallest absolute Gasteiger partial charge is 0.00489 e. The second kappa shape index (κ2) is 10.7. The van der Waals surface area contributed by atoms with E-state index >= 15 is 0 Å². The minimum Gasteiger partial charge on any atom is -0.317 e. The Balaban J connectivity index is 2.77. The zero-order valence-corrected chi connectivity index (χ0v) is 8.44. The minimum atomic E-state index is 1.17. The second-order valence-corrected chi connectivity index (χ2v) is 3.24. The van der Waals surface area contributed by atoms with Gasteiger partial charge in [0.05, 0.1) is 0 Å². The van der Waals surface area contributed by atoms with Crippen molar-refractivity contribution in [3.05, 3.63) is 12.7 Å². The molecule has 0 aromatic heterocycles. The molecule has 0 atom stereocenters. The van der Waals surface area contributed by atoms with Crippen LogP contribution in [-0.4, -0.2) is 13.1 Å². The van der Waals surface area contributed by atoms with Gasteiger partial charge in [-0.25, -0.2) is 0 Å². The zero-order chi connectivity index (χ0) is 9.07. The molecule has 0 saturated heterocycles. The van der Waals surface area contributed by atoms with E-state index in [9.17, 15) is 0 Å². The van der Waals surface area contributed by atoms with Crippen molar-refractivity contribution >= 4 is 0 Å². The van der Waals surface area contributed by atoms with Crippen molar-refractivity contribution < 1.29 is 0 Å². The normalized spacial score (nSPS) is 10.1. The number of nitrogens with one attached hydrogen (secondary N) is 1. The molecule has 0 aromatic carbocycles. The van der Waals surface area contributed by atoms with Crippen molar-refractivity contribution in [2.75, 3.05) is 13.1 Å². The van der Waals surface area contributed by atoms with E-state index in [1.165, 1.54) is 51.6 Å². The molecule has 1 N–H and O–H groups in total. The third-order valence-electron chi connectivity index (χ3n) is 1.94. The number of hydrogen-bond acceptors (Lipinski definition) is 1. The summed E-state index contributed by atoms with van der Waals surface area (Å²) in [6, 6.07) is 0. The van der Waals surface area contributed by atoms with Crippen LogP contribution < -0.4 is 5.32 Å². The Labute approximate surface area is 77.2 Å². The van der Waals surface area contributed by atoms with Gasteiger partial charge < -0.3 is 5.32 Å². The topological polar surface area (TPSA) is 12.0 Å². The summed E-state index contributed by atoms with van der Waals surface area (Å²) >= 11 is 0. The molecule has 0 bridgehead atoms. The fraction of sp³-hybridized carbons (Fsp3) is 0.818. The van der Waals surface area contributed by atoms with Gasteiger partial charge in [0.2, 0.25) is 0 Å². The molecule has 0 heterocycles. The average Bonchev–Trinajstić information content (AvgIpc) is 2.10. The van der Waals surface area contributed by atoms with E-state index in [4.69, 9.17) is 0 Å². The fourth-order valence-corrected chi connectivity index (χ4v) is 1.19. The molecule has 0 aliphatic heterocycles. The highest BCUT2D eigenvalue weighted by atomic mass is 14.8. The van der Waals surface area contributed by atoms with Gasteiger partial charge in [0.15, 0.2) is 0 Å². The van der Waals surface area contributed by atoms with Gasteiger partial charge in [-0.1, -0.05) is 25.8 Å². The number of hydrogen-bond donors (Lipinski definition) is 1. The van der Waals surface area contributed by atoms with E-state index < -0.39 is 0 Å². The Hall–Kier alpha value is -0.300. The van der Waals surface area contributed by atoms with Crippen molar-refractivity contribution in [3.63, 3.8) is 0 Å². The number of allylic oxidation sites excluding steroid dienone is 1. The first-order chi connectivity index (χ1) is 5.91. The number of unbranched alkanes of at least 4 members (excludes halogenated alkanes) is 4. The molecule has 0 unspecified atom stereocenters. The van der Waals surface area contributed by atoms with Crippen LogP contribution in [0.15, 0.2) is 12.7 Å². The molecule has 0 rings (SSSR count). The van der Waals surface area contributed by atoms with E-state index in [0.29, 0.717) is 0 Å². The van der Waals surface area contributed by atoms with E-state index in [-0.39, 0.29) is 0 Å². The van der Waals surface area contributed by atoms with Gasteiger partial charge in [-0.05, 0) is 38.8 Å². The molecule has 0 spiro atoms. The first kappa shape index (κ1) is 11.7. The molecular formula is C11H23N. The summed E-state index contributed by atoms with van der Waals surface area (Å²) in [4.78, 5) is 0. The first-order valence-electron chi connectivity index (χ1n) is 5.23. The van der Waals surface area contributed by atoms with E-state index in [2.05, 4.69) is 18.8 Å². The largest absolute Gasteiger partial charge is 0.317 e. The van der Waals surface area contributed by atoms with Gasteiger partial charge in [0.25, 0.3) is 0 Å². The highest BCUT2D eigenvalue weighted by Gasteiger charge is 1.88. The van der Waals surface area contributed by atoms with Gasteiger partial charge in [-0.15, -0.1) is 6.58 Å². The zero-order valence-electron chi connectivity index (χ0n) is 8.44. The summed E-state index contributed by atoms with van der Waals surface area (Å²) in [7, 11) is 0. The Bertz CT molecular complexity index is 89.0. The lowest BCUT2D eigenvalue weighted by Gasteiger charge is -2.01. The van der Waals surface area contributed by atoms with Crippen LogP contribution in [0.5, 0.6) is 0 Å². The number of rotatable bonds is 9. The molecule has 0 saturated carbocycles. The molecule has 0 aliphatic carbocycles. The molecule has 1 nitrogen and oxygen atoms in total. The maximum absolute atomic E-state index is 3.71. The predicted molar refractivity (Wildman–Crippen MR) is 56.4 cm³/mol. The van der Waals surface area contributed by atoms with Crippen LogP contribution in [0.25, 0.3) is 0 Å². The Morgan fingerprint density at radius 2 is 1.83 bits per heavy atom. The highest BCUT2D eigenvalue weighted by molar-refractivity contribution is 4.65. The maximum Gasteiger partial charge on any atom is -0.00489 e. The van der Waals surface area contributed by atoms with Gasteiger partial charge >= 0.3 is 0 Å². The van der Waals surface area contributed by atoms with Gasteiger partial charge in [0.1, 0.15) is 0 Å². The molecule has 0 aromatic rings. The van der Waals surface area contributed by atoms with Crippen LogP contribution in [0, 0.1) is 0 Å². The van der Waals surface area contributed by atoms with Crippen LogP contribution in [0.2, 0.25) is 0 Å². The molecule has 0 fully saturated rings. The van der Waals surface area contributed by atoms with Crippen LogP contribution in [0.1, 0.15) is 45.4 Å². The highest BCUT2D eigenvalue weighted by Crippen LogP contribution is 2.02. The van der Waals surface area contributed by atoms with Gasteiger partial charge in [-0.3, -0.25) is 0 Å². The third-order valence-corrected chi connectivity index (χ3v) is 1.94. The van der Waals surface area contributed by atoms with E-state index in [1.54, 1.807) is 0 Å². The van der Waals surface area contributed by atoms with E-state index in [0.717, 1.165) is 0 Å². The standard InChI is InChI=1S/C11H23N/c1-3-5-6-7-8-9-11-12-10-4-2/h3,12H,1,4-11H2,2H3. The SMILES string of the molecule is C=CCCCCCCNCCC. The van der Waals surface area contributed by atoms with Crippen molar-refractivity contribution in [1.29, 1.82) is 0 Å². The molecule has 1 heteroatoms. The van der Waals surface area contributed by atoms with Crippen LogP contribution in [0.3, 0.4) is 0 Å². The van der Waals surface area contributed by atoms with Gasteiger partial charge in [0, 0.05) is 0 Å². The lowest BCUT2D eigenvalue weighted by molar-refractivity contribution is 0.587. The molecule has 72 valence electrons. The van der Waals surface area contributed by atoms with Gasteiger partial charge in [-0.2, -0.15) is 0 Å². The monoisotopic (exact) mass is 169 g/mol. The summed E-state index contributed by atoms with van der Waals surface area (Å²) in [6.07, 6.45) is 9.81. The average molecular weight is 169 g/mol. The Morgan fingerprint density at radius 3 is 2.50 bits per heavy atom. The van der Waals surface area contributed by atoms with Crippen LogP contribution in [0.4, 0.5) is 0 Å². The van der Waals surface area contributed by atoms with Crippen molar-refractivity contribution in [2.24, 2.45) is 0 Å². The second-order valence-electron chi connectivity index (χ2n) is 3.24. The quantitative estimate of drug-likeness (QED) is 0.413. The van der Waals surface area contributed by atoms with Crippen LogP contribution >= 0.6 is 0 Å². The molecule has 0 aliphatic rings. The van der Waals surface area contributed by atoms with E-state index in [1.807, 2.05) is 6.08 Å². The Kier molecular flexibility index (Phi) is 10.4. The summed E-state index contributed by atoms with van der Waals surface area (Å²) in [5.74, 6) is 0. The predicted octanol–water partition coefficient (Wildman–Crippen LogP) is 3.12. The summed E-state index contributed by atoms with van der Waals surface area (Å²) in [5.41, 5.74) is 0.